The summed E-state index contributed by atoms with van der Waals surface area (Å²) in [6.07, 6.45) is 1.91. The van der Waals surface area contributed by atoms with Gasteiger partial charge in [0.05, 0.1) is 54.5 Å². The molecule has 450 valence electrons. The standard InChI is InChI=1S/C68H61ClN4O13S2/c1-41-15-28-53(29-16-41)88(77,78)84-39-52(38-83-68(45-11-7-6-8-12-45,46-19-24-50(79-3)25-20-46)47-21-26-51(80-4)27-22-47)85-58-32-30-54(42(2)62(58)69)60-61-65(71-40-72-66(61)87-63(60)43-17-18-43)86-59(67(75)76)36-44-35-49(74)23-31-56(44)82-37-48-33-34-70-64(73-48)55-13-9-10-14-57(55)81-5/h6-16,19-35,40,43,52,59,74H,17-18,36-39H2,1-5H3,(H,75,76). The van der Waals surface area contributed by atoms with E-state index in [9.17, 15) is 23.4 Å². The van der Waals surface area contributed by atoms with Crippen molar-refractivity contribution in [1.29, 1.82) is 0 Å². The normalized spacial score (nSPS) is 13.2. The Bertz CT molecular complexity index is 4180. The number of carboxylic acid groups (broad SMARTS) is 1. The topological polar surface area (TPSA) is 217 Å². The molecule has 1 fully saturated rings. The van der Waals surface area contributed by atoms with Crippen LogP contribution in [0.5, 0.6) is 40.4 Å². The van der Waals surface area contributed by atoms with Crippen LogP contribution in [0.3, 0.4) is 0 Å². The molecule has 0 saturated heterocycles. The highest BCUT2D eigenvalue weighted by molar-refractivity contribution is 7.86. The first-order chi connectivity index (χ1) is 42.7. The lowest BCUT2D eigenvalue weighted by Gasteiger charge is -2.37. The SMILES string of the molecule is COc1ccc(C(OCC(COS(=O)(=O)c2ccc(C)cc2)Oc2ccc(-c3c(C4CC4)sc4ncnc(OC(Cc5cc(O)ccc5OCc5ccnc(-c6ccccc6OC)n5)C(=O)O)c34)c(C)c2Cl)(c2ccccc2)c2ccc(OC)cc2)cc1. The minimum Gasteiger partial charge on any atom is -0.508 e. The highest BCUT2D eigenvalue weighted by atomic mass is 35.5. The third-order valence-electron chi connectivity index (χ3n) is 15.1. The number of nitrogens with zero attached hydrogens (tertiary/aromatic N) is 4. The number of aryl methyl sites for hydroxylation is 1. The highest BCUT2D eigenvalue weighted by Crippen LogP contribution is 2.54. The van der Waals surface area contributed by atoms with Gasteiger partial charge in [0.1, 0.15) is 70.6 Å². The number of methoxy groups -OCH3 is 3. The molecule has 0 aliphatic heterocycles. The predicted octanol–water partition coefficient (Wildman–Crippen LogP) is 13.5. The monoisotopic (exact) mass is 1240 g/mol. The van der Waals surface area contributed by atoms with Crippen molar-refractivity contribution < 1.29 is 60.8 Å². The second-order valence-corrected chi connectivity index (χ2v) is 24.0. The van der Waals surface area contributed by atoms with E-state index in [0.717, 1.165) is 45.5 Å². The first-order valence-corrected chi connectivity index (χ1v) is 30.7. The maximum atomic E-state index is 13.9. The highest BCUT2D eigenvalue weighted by Gasteiger charge is 2.40. The third kappa shape index (κ3) is 13.1. The predicted molar refractivity (Wildman–Crippen MR) is 334 cm³/mol. The fraction of sp³-hybridized carbons (Fsp3) is 0.221. The van der Waals surface area contributed by atoms with Gasteiger partial charge in [0.25, 0.3) is 10.1 Å². The smallest absolute Gasteiger partial charge is 0.345 e. The van der Waals surface area contributed by atoms with Gasteiger partial charge in [-0.1, -0.05) is 102 Å². The van der Waals surface area contributed by atoms with E-state index >= 15 is 0 Å². The number of hydrogen-bond acceptors (Lipinski definition) is 17. The van der Waals surface area contributed by atoms with Gasteiger partial charge in [0.15, 0.2) is 5.82 Å². The molecule has 88 heavy (non-hydrogen) atoms. The van der Waals surface area contributed by atoms with Crippen molar-refractivity contribution >= 4 is 49.2 Å². The van der Waals surface area contributed by atoms with Crippen molar-refractivity contribution in [2.24, 2.45) is 0 Å². The molecule has 0 amide bonds. The number of aromatic nitrogens is 4. The molecule has 1 aliphatic carbocycles. The number of carbonyl (C=O) groups is 1. The minimum atomic E-state index is -4.32. The quantitative estimate of drug-likeness (QED) is 0.0380. The third-order valence-corrected chi connectivity index (χ3v) is 18.2. The Balaban J connectivity index is 0.919. The second kappa shape index (κ2) is 26.5. The molecule has 0 radical (unpaired) electrons. The van der Waals surface area contributed by atoms with E-state index < -0.39 is 40.5 Å². The van der Waals surface area contributed by atoms with Crippen LogP contribution in [0, 0.1) is 13.8 Å². The summed E-state index contributed by atoms with van der Waals surface area (Å²) in [5.74, 6) is 1.62. The molecular weight excluding hydrogens is 1180 g/mol. The van der Waals surface area contributed by atoms with Crippen molar-refractivity contribution in [3.8, 4) is 62.9 Å². The first-order valence-electron chi connectivity index (χ1n) is 28.1. The van der Waals surface area contributed by atoms with Crippen molar-refractivity contribution in [3.05, 3.63) is 225 Å². The Morgan fingerprint density at radius 3 is 2.06 bits per heavy atom. The number of ether oxygens (including phenoxy) is 7. The number of fused-ring (bicyclic) bond motifs is 1. The maximum absolute atomic E-state index is 13.9. The average Bonchev–Trinajstić information content (AvgIpc) is 1.47. The summed E-state index contributed by atoms with van der Waals surface area (Å²) in [6, 6.07) is 48.2. The fourth-order valence-corrected chi connectivity index (χ4v) is 12.9. The van der Waals surface area contributed by atoms with E-state index in [1.165, 1.54) is 41.9 Å². The summed E-state index contributed by atoms with van der Waals surface area (Å²) in [5, 5.41) is 22.3. The molecule has 2 N–H and O–H groups in total. The number of halogens is 1. The Kier molecular flexibility index (Phi) is 18.2. The van der Waals surface area contributed by atoms with Crippen molar-refractivity contribution in [2.45, 2.75) is 68.3 Å². The lowest BCUT2D eigenvalue weighted by atomic mass is 9.80. The first kappa shape index (κ1) is 60.6. The molecule has 1 aliphatic rings. The summed E-state index contributed by atoms with van der Waals surface area (Å²) in [6.45, 7) is 2.97. The van der Waals surface area contributed by atoms with Crippen LogP contribution in [0.2, 0.25) is 5.02 Å². The van der Waals surface area contributed by atoms with Gasteiger partial charge >= 0.3 is 5.97 Å². The van der Waals surface area contributed by atoms with E-state index in [-0.39, 0.29) is 52.8 Å². The molecular formula is C68H61ClN4O13S2. The average molecular weight is 1240 g/mol. The number of benzene rings is 7. The van der Waals surface area contributed by atoms with Crippen LogP contribution in [-0.2, 0) is 42.5 Å². The summed E-state index contributed by atoms with van der Waals surface area (Å²) in [5.41, 5.74) is 5.39. The van der Waals surface area contributed by atoms with Crippen LogP contribution >= 0.6 is 22.9 Å². The number of para-hydroxylation sites is 1. The molecule has 7 aromatic carbocycles. The van der Waals surface area contributed by atoms with Crippen LogP contribution in [0.15, 0.2) is 181 Å². The lowest BCUT2D eigenvalue weighted by molar-refractivity contribution is -0.145. The lowest BCUT2D eigenvalue weighted by Crippen LogP contribution is -2.39. The van der Waals surface area contributed by atoms with Crippen molar-refractivity contribution in [3.63, 3.8) is 0 Å². The number of aliphatic carboxylic acids is 1. The van der Waals surface area contributed by atoms with Gasteiger partial charge in [-0.05, 0) is 139 Å². The number of carboxylic acids is 1. The van der Waals surface area contributed by atoms with Crippen LogP contribution < -0.4 is 28.4 Å². The largest absolute Gasteiger partial charge is 0.508 e. The number of aromatic hydroxyl groups is 1. The van der Waals surface area contributed by atoms with Crippen LogP contribution in [-0.4, -0.2) is 91.3 Å². The Hall–Kier alpha value is -9.11. The Morgan fingerprint density at radius 2 is 1.39 bits per heavy atom. The molecule has 1 saturated carbocycles. The summed E-state index contributed by atoms with van der Waals surface area (Å²) in [4.78, 5) is 33.2. The summed E-state index contributed by atoms with van der Waals surface area (Å²) < 4.78 is 77.2. The Morgan fingerprint density at radius 1 is 0.716 bits per heavy atom. The van der Waals surface area contributed by atoms with Crippen molar-refractivity contribution in [2.75, 3.05) is 34.5 Å². The summed E-state index contributed by atoms with van der Waals surface area (Å²) in [7, 11) is 0.440. The van der Waals surface area contributed by atoms with Gasteiger partial charge in [-0.3, -0.25) is 4.18 Å². The van der Waals surface area contributed by atoms with E-state index in [2.05, 4.69) is 15.0 Å². The molecule has 0 spiro atoms. The molecule has 10 aromatic rings. The van der Waals surface area contributed by atoms with E-state index in [1.54, 1.807) is 57.9 Å². The zero-order chi connectivity index (χ0) is 61.5. The fourth-order valence-electron chi connectivity index (χ4n) is 10.4. The Labute approximate surface area is 518 Å². The molecule has 0 bridgehead atoms. The molecule has 2 atom stereocenters. The number of hydrogen-bond donors (Lipinski definition) is 2. The number of phenolic OH excluding ortho intramolecular Hbond substituents is 1. The van der Waals surface area contributed by atoms with Crippen LogP contribution in [0.1, 0.15) is 62.7 Å². The zero-order valence-electron chi connectivity index (χ0n) is 48.6. The summed E-state index contributed by atoms with van der Waals surface area (Å²) >= 11 is 8.93. The van der Waals surface area contributed by atoms with Gasteiger partial charge in [0.2, 0.25) is 12.0 Å². The second-order valence-electron chi connectivity index (χ2n) is 20.9. The van der Waals surface area contributed by atoms with Gasteiger partial charge in [0, 0.05) is 28.6 Å². The molecule has 20 heteroatoms. The van der Waals surface area contributed by atoms with Crippen LogP contribution in [0.25, 0.3) is 32.7 Å². The van der Waals surface area contributed by atoms with Crippen LogP contribution in [0.4, 0.5) is 0 Å². The number of rotatable bonds is 26. The van der Waals surface area contributed by atoms with Gasteiger partial charge in [-0.15, -0.1) is 11.3 Å². The minimum absolute atomic E-state index is 0.0101. The number of phenols is 1. The maximum Gasteiger partial charge on any atom is 0.345 e. The molecule has 11 rings (SSSR count). The molecule has 3 aromatic heterocycles. The van der Waals surface area contributed by atoms with Gasteiger partial charge in [-0.2, -0.15) is 8.42 Å². The van der Waals surface area contributed by atoms with E-state index in [1.807, 2.05) is 123 Å². The van der Waals surface area contributed by atoms with Crippen molar-refractivity contribution in [1.82, 2.24) is 19.9 Å². The van der Waals surface area contributed by atoms with Gasteiger partial charge in [-0.25, -0.2) is 24.7 Å². The zero-order valence-corrected chi connectivity index (χ0v) is 51.0. The molecule has 17 nitrogen and oxygen atoms in total. The molecule has 2 unspecified atom stereocenters. The van der Waals surface area contributed by atoms with E-state index in [0.29, 0.717) is 67.0 Å². The van der Waals surface area contributed by atoms with Gasteiger partial charge < -0.3 is 43.4 Å². The number of thiophene rings is 1. The van der Waals surface area contributed by atoms with E-state index in [4.69, 9.17) is 53.9 Å². The molecule has 3 heterocycles.